The van der Waals surface area contributed by atoms with E-state index in [2.05, 4.69) is 15.9 Å². The lowest BCUT2D eigenvalue weighted by Crippen LogP contribution is -2.11. The number of Topliss-reactive ketones (excluding diaryl/α,β-unsaturated/α-hetero) is 1. The van der Waals surface area contributed by atoms with Crippen molar-refractivity contribution in [2.24, 2.45) is 0 Å². The Kier molecular flexibility index (Phi) is 6.05. The second-order valence-corrected chi connectivity index (χ2v) is 4.73. The molecule has 98 valence electrons. The Morgan fingerprint density at radius 2 is 2.06 bits per heavy atom. The average Bonchev–Trinajstić information content (AvgIpc) is 2.32. The molecule has 18 heavy (non-hydrogen) atoms. The van der Waals surface area contributed by atoms with Gasteiger partial charge in [-0.25, -0.2) is 0 Å². The monoisotopic (exact) mass is 312 g/mol. The molecule has 0 spiro atoms. The van der Waals surface area contributed by atoms with Crippen LogP contribution in [-0.2, 0) is 16.0 Å². The van der Waals surface area contributed by atoms with Crippen molar-refractivity contribution in [2.75, 3.05) is 11.9 Å². The Balaban J connectivity index is 2.91. The summed E-state index contributed by atoms with van der Waals surface area (Å²) in [5, 5.41) is 0.646. The van der Waals surface area contributed by atoms with Crippen molar-refractivity contribution < 1.29 is 14.3 Å². The predicted molar refractivity (Wildman–Crippen MR) is 74.3 cm³/mol. The number of ketones is 1. The van der Waals surface area contributed by atoms with Gasteiger partial charge in [-0.3, -0.25) is 9.59 Å². The van der Waals surface area contributed by atoms with Crippen LogP contribution < -0.4 is 0 Å². The number of ether oxygens (including phenoxy) is 1. The van der Waals surface area contributed by atoms with Crippen LogP contribution in [0.15, 0.2) is 18.2 Å². The summed E-state index contributed by atoms with van der Waals surface area (Å²) in [5.41, 5.74) is 2.42. The maximum absolute atomic E-state index is 11.9. The molecule has 1 rings (SSSR count). The Bertz CT molecular complexity index is 441. The molecule has 0 bridgehead atoms. The molecular weight excluding hydrogens is 296 g/mol. The number of hydrogen-bond donors (Lipinski definition) is 0. The van der Waals surface area contributed by atoms with Crippen LogP contribution in [-0.4, -0.2) is 23.7 Å². The van der Waals surface area contributed by atoms with Crippen molar-refractivity contribution in [3.8, 4) is 0 Å². The van der Waals surface area contributed by atoms with Gasteiger partial charge in [-0.1, -0.05) is 34.1 Å². The van der Waals surface area contributed by atoms with Gasteiger partial charge >= 0.3 is 5.97 Å². The summed E-state index contributed by atoms with van der Waals surface area (Å²) in [7, 11) is 0. The maximum Gasteiger partial charge on any atom is 0.310 e. The molecule has 0 aliphatic heterocycles. The van der Waals surface area contributed by atoms with Crippen molar-refractivity contribution >= 4 is 27.7 Å². The van der Waals surface area contributed by atoms with Crippen molar-refractivity contribution in [3.63, 3.8) is 0 Å². The van der Waals surface area contributed by atoms with Gasteiger partial charge in [-0.05, 0) is 25.0 Å². The summed E-state index contributed by atoms with van der Waals surface area (Å²) in [5.74, 6) is -0.166. The third kappa shape index (κ3) is 3.95. The van der Waals surface area contributed by atoms with E-state index >= 15 is 0 Å². The van der Waals surface area contributed by atoms with E-state index in [1.807, 2.05) is 19.1 Å². The topological polar surface area (TPSA) is 43.4 Å². The molecule has 0 N–H and O–H groups in total. The lowest BCUT2D eigenvalue weighted by molar-refractivity contribution is -0.142. The van der Waals surface area contributed by atoms with Gasteiger partial charge in [0.15, 0.2) is 5.78 Å². The molecule has 0 aliphatic rings. The molecule has 0 aromatic heterocycles. The summed E-state index contributed by atoms with van der Waals surface area (Å²) in [4.78, 5) is 23.3. The van der Waals surface area contributed by atoms with Crippen LogP contribution in [0.25, 0.3) is 0 Å². The summed E-state index contributed by atoms with van der Waals surface area (Å²) in [6, 6.07) is 5.47. The molecule has 1 aromatic rings. The van der Waals surface area contributed by atoms with E-state index < -0.39 is 0 Å². The standard InChI is InChI=1S/C14H17BrO3/c1-3-18-14(17)9-11-5-4-6-12(10(11)2)13(16)7-8-15/h4-6H,3,7-9H2,1-2H3. The van der Waals surface area contributed by atoms with Crippen molar-refractivity contribution in [1.82, 2.24) is 0 Å². The van der Waals surface area contributed by atoms with E-state index in [0.717, 1.165) is 11.1 Å². The fraction of sp³-hybridized carbons (Fsp3) is 0.429. The van der Waals surface area contributed by atoms with E-state index in [1.165, 1.54) is 0 Å². The van der Waals surface area contributed by atoms with E-state index in [4.69, 9.17) is 4.74 Å². The van der Waals surface area contributed by atoms with E-state index in [-0.39, 0.29) is 18.2 Å². The summed E-state index contributed by atoms with van der Waals surface area (Å²) < 4.78 is 4.92. The third-order valence-electron chi connectivity index (χ3n) is 2.71. The van der Waals surface area contributed by atoms with Gasteiger partial charge in [-0.15, -0.1) is 0 Å². The number of alkyl halides is 1. The van der Waals surface area contributed by atoms with Gasteiger partial charge in [0.2, 0.25) is 0 Å². The SMILES string of the molecule is CCOC(=O)Cc1cccc(C(=O)CCBr)c1C. The van der Waals surface area contributed by atoms with Crippen molar-refractivity contribution in [3.05, 3.63) is 34.9 Å². The molecule has 0 saturated heterocycles. The highest BCUT2D eigenvalue weighted by atomic mass is 79.9. The molecule has 0 fully saturated rings. The van der Waals surface area contributed by atoms with Crippen LogP contribution >= 0.6 is 15.9 Å². The zero-order valence-corrected chi connectivity index (χ0v) is 12.2. The molecule has 4 heteroatoms. The Hall–Kier alpha value is -1.16. The first-order valence-corrected chi connectivity index (χ1v) is 7.05. The van der Waals surface area contributed by atoms with E-state index in [9.17, 15) is 9.59 Å². The minimum absolute atomic E-state index is 0.0927. The second-order valence-electron chi connectivity index (χ2n) is 3.93. The highest BCUT2D eigenvalue weighted by Crippen LogP contribution is 2.17. The zero-order chi connectivity index (χ0) is 13.5. The molecule has 0 heterocycles. The third-order valence-corrected chi connectivity index (χ3v) is 3.10. The van der Waals surface area contributed by atoms with Crippen LogP contribution in [0, 0.1) is 6.92 Å². The second kappa shape index (κ2) is 7.31. The van der Waals surface area contributed by atoms with Crippen molar-refractivity contribution in [2.45, 2.75) is 26.7 Å². The van der Waals surface area contributed by atoms with E-state index in [1.54, 1.807) is 13.0 Å². The van der Waals surface area contributed by atoms with E-state index in [0.29, 0.717) is 23.9 Å². The number of carbonyl (C=O) groups excluding carboxylic acids is 2. The van der Waals surface area contributed by atoms with Crippen LogP contribution in [0.2, 0.25) is 0 Å². The van der Waals surface area contributed by atoms with Gasteiger partial charge in [0.05, 0.1) is 13.0 Å². The van der Waals surface area contributed by atoms with Gasteiger partial charge in [0.25, 0.3) is 0 Å². The first kappa shape index (κ1) is 14.9. The summed E-state index contributed by atoms with van der Waals surface area (Å²) >= 11 is 3.26. The number of benzene rings is 1. The van der Waals surface area contributed by atoms with Gasteiger partial charge in [-0.2, -0.15) is 0 Å². The van der Waals surface area contributed by atoms with Gasteiger partial charge in [0.1, 0.15) is 0 Å². The molecule has 0 atom stereocenters. The maximum atomic E-state index is 11.9. The lowest BCUT2D eigenvalue weighted by Gasteiger charge is -2.09. The van der Waals surface area contributed by atoms with Gasteiger partial charge in [0, 0.05) is 17.3 Å². The lowest BCUT2D eigenvalue weighted by atomic mass is 9.96. The zero-order valence-electron chi connectivity index (χ0n) is 10.7. The highest BCUT2D eigenvalue weighted by Gasteiger charge is 2.13. The molecule has 3 nitrogen and oxygen atoms in total. The predicted octanol–water partition coefficient (Wildman–Crippen LogP) is 3.07. The number of halogens is 1. The number of esters is 1. The average molecular weight is 313 g/mol. The fourth-order valence-corrected chi connectivity index (χ4v) is 2.13. The smallest absolute Gasteiger partial charge is 0.310 e. The number of hydrogen-bond acceptors (Lipinski definition) is 3. The summed E-state index contributed by atoms with van der Waals surface area (Å²) in [6.45, 7) is 4.02. The van der Waals surface area contributed by atoms with Crippen LogP contribution in [0.5, 0.6) is 0 Å². The molecule has 0 unspecified atom stereocenters. The van der Waals surface area contributed by atoms with Crippen molar-refractivity contribution in [1.29, 1.82) is 0 Å². The first-order chi connectivity index (χ1) is 8.60. The molecule has 0 amide bonds. The normalized spacial score (nSPS) is 10.2. The fourth-order valence-electron chi connectivity index (χ4n) is 1.77. The highest BCUT2D eigenvalue weighted by molar-refractivity contribution is 9.09. The number of carbonyl (C=O) groups is 2. The molecule has 1 aromatic carbocycles. The Morgan fingerprint density at radius 3 is 2.67 bits per heavy atom. The molecule has 0 aliphatic carbocycles. The Labute approximate surface area is 116 Å². The minimum atomic E-state index is -0.259. The Morgan fingerprint density at radius 1 is 1.33 bits per heavy atom. The van der Waals surface area contributed by atoms with Crippen LogP contribution in [0.4, 0.5) is 0 Å². The summed E-state index contributed by atoms with van der Waals surface area (Å²) in [6.07, 6.45) is 0.679. The molecule has 0 saturated carbocycles. The van der Waals surface area contributed by atoms with Gasteiger partial charge < -0.3 is 4.74 Å². The minimum Gasteiger partial charge on any atom is -0.466 e. The quantitative estimate of drug-likeness (QED) is 0.460. The largest absolute Gasteiger partial charge is 0.466 e. The number of rotatable bonds is 6. The van der Waals surface area contributed by atoms with Crippen LogP contribution in [0.3, 0.4) is 0 Å². The molecule has 0 radical (unpaired) electrons. The van der Waals surface area contributed by atoms with Crippen LogP contribution in [0.1, 0.15) is 34.8 Å². The first-order valence-electron chi connectivity index (χ1n) is 5.93. The molecular formula is C14H17BrO3.